The molecule has 3 N–H and O–H groups in total. The normalized spacial score (nSPS) is 26.1. The van der Waals surface area contributed by atoms with Gasteiger partial charge in [0.15, 0.2) is 23.6 Å². The number of hydrogen-bond acceptors (Lipinski definition) is 20. The van der Waals surface area contributed by atoms with E-state index in [-0.39, 0.29) is 48.4 Å². The first kappa shape index (κ1) is 61.5. The minimum absolute atomic E-state index is 0.0109. The molecule has 1 aliphatic heterocycles. The van der Waals surface area contributed by atoms with E-state index in [1.54, 1.807) is 91.0 Å². The van der Waals surface area contributed by atoms with Crippen LogP contribution in [0.2, 0.25) is 0 Å². The van der Waals surface area contributed by atoms with Crippen LogP contribution < -0.4 is 5.32 Å². The third kappa shape index (κ3) is 12.4. The van der Waals surface area contributed by atoms with E-state index in [2.05, 4.69) is 11.9 Å². The Balaban J connectivity index is 1.05. The van der Waals surface area contributed by atoms with E-state index in [1.165, 1.54) is 61.4 Å². The summed E-state index contributed by atoms with van der Waals surface area (Å²) in [4.78, 5) is 113. The molecule has 85 heavy (non-hydrogen) atoms. The van der Waals surface area contributed by atoms with Crippen molar-refractivity contribution in [2.45, 2.75) is 124 Å². The second-order valence-corrected chi connectivity index (χ2v) is 24.1. The number of aliphatic hydroxyl groups is 2. The Morgan fingerprint density at radius 1 is 0.776 bits per heavy atom. The van der Waals surface area contributed by atoms with E-state index in [0.29, 0.717) is 11.1 Å². The number of nitrogens with one attached hydrogen (secondary N) is 1. The number of esters is 4. The number of amides is 1. The first-order chi connectivity index (χ1) is 40.6. The van der Waals surface area contributed by atoms with E-state index in [4.69, 9.17) is 37.9 Å². The van der Waals surface area contributed by atoms with Gasteiger partial charge in [-0.25, -0.2) is 19.2 Å². The topological polar surface area (TPSA) is 263 Å². The van der Waals surface area contributed by atoms with Crippen LogP contribution in [0.15, 0.2) is 173 Å². The molecule has 444 valence electrons. The van der Waals surface area contributed by atoms with Crippen LogP contribution >= 0.6 is 21.6 Å². The smallest absolute Gasteiger partial charge is 0.458 e. The van der Waals surface area contributed by atoms with Gasteiger partial charge in [-0.3, -0.25) is 19.2 Å². The van der Waals surface area contributed by atoms with Gasteiger partial charge < -0.3 is 53.4 Å². The van der Waals surface area contributed by atoms with Gasteiger partial charge >= 0.3 is 30.0 Å². The van der Waals surface area contributed by atoms with Crippen molar-refractivity contribution in [3.63, 3.8) is 0 Å². The second-order valence-electron chi connectivity index (χ2n) is 21.9. The van der Waals surface area contributed by atoms with E-state index in [9.17, 15) is 43.8 Å². The lowest BCUT2D eigenvalue weighted by atomic mass is 9.44. The summed E-state index contributed by atoms with van der Waals surface area (Å²) in [6, 6.07) is 37.3. The highest BCUT2D eigenvalue weighted by molar-refractivity contribution is 8.76. The number of aliphatic hydroxyl groups excluding tert-OH is 1. The third-order valence-corrected chi connectivity index (χ3v) is 19.0. The maximum Gasteiger partial charge on any atom is 0.508 e. The molecular formula is C64H63NO18S2. The molecule has 11 atom stereocenters. The molecule has 5 aromatic rings. The molecule has 4 aliphatic rings. The summed E-state index contributed by atoms with van der Waals surface area (Å²) in [5, 5.41) is 28.8. The maximum atomic E-state index is 16.2. The monoisotopic (exact) mass is 1200 g/mol. The van der Waals surface area contributed by atoms with Gasteiger partial charge in [-0.15, -0.1) is 0 Å². The summed E-state index contributed by atoms with van der Waals surface area (Å²) in [6.45, 7) is 9.91. The molecule has 3 aliphatic carbocycles. The van der Waals surface area contributed by atoms with Crippen molar-refractivity contribution in [2.24, 2.45) is 16.7 Å². The zero-order chi connectivity index (χ0) is 60.8. The quantitative estimate of drug-likeness (QED) is 0.0164. The van der Waals surface area contributed by atoms with E-state index in [1.807, 2.05) is 36.4 Å². The molecule has 1 heterocycles. The summed E-state index contributed by atoms with van der Waals surface area (Å²) < 4.78 is 47.9. The van der Waals surface area contributed by atoms with Crippen LogP contribution in [0.1, 0.15) is 90.9 Å². The Morgan fingerprint density at radius 2 is 1.34 bits per heavy atom. The lowest BCUT2D eigenvalue weighted by Crippen LogP contribution is -2.82. The molecule has 1 unspecified atom stereocenters. The van der Waals surface area contributed by atoms with Gasteiger partial charge in [0.25, 0.3) is 12.4 Å². The van der Waals surface area contributed by atoms with Crippen molar-refractivity contribution in [3.05, 3.63) is 191 Å². The van der Waals surface area contributed by atoms with Crippen molar-refractivity contribution in [1.82, 2.24) is 5.32 Å². The van der Waals surface area contributed by atoms with Crippen molar-refractivity contribution >= 4 is 69.8 Å². The van der Waals surface area contributed by atoms with Crippen LogP contribution in [0, 0.1) is 16.7 Å². The van der Waals surface area contributed by atoms with Gasteiger partial charge in [0.2, 0.25) is 0 Å². The van der Waals surface area contributed by atoms with Crippen LogP contribution in [0.3, 0.4) is 0 Å². The van der Waals surface area contributed by atoms with Gasteiger partial charge in [-0.2, -0.15) is 0 Å². The van der Waals surface area contributed by atoms with E-state index < -0.39 is 125 Å². The number of Topliss-reactive ketones (excluding diaryl/α,β-unsaturated/α-hetero) is 1. The first-order valence-corrected chi connectivity index (χ1v) is 29.4. The Bertz CT molecular complexity index is 3360. The maximum absolute atomic E-state index is 16.2. The second kappa shape index (κ2) is 25.6. The Morgan fingerprint density at radius 3 is 1.88 bits per heavy atom. The van der Waals surface area contributed by atoms with Crippen molar-refractivity contribution in [1.29, 1.82) is 0 Å². The van der Waals surface area contributed by atoms with E-state index in [0.717, 1.165) is 28.4 Å². The van der Waals surface area contributed by atoms with Gasteiger partial charge in [0.1, 0.15) is 43.2 Å². The summed E-state index contributed by atoms with van der Waals surface area (Å²) in [5.41, 5.74) is -6.48. The molecule has 0 spiro atoms. The van der Waals surface area contributed by atoms with Crippen molar-refractivity contribution in [3.8, 4) is 0 Å². The molecule has 5 aromatic carbocycles. The number of fused-ring (bicyclic) bond motifs is 5. The lowest BCUT2D eigenvalue weighted by molar-refractivity contribution is -0.346. The molecule has 3 fully saturated rings. The molecule has 9 rings (SSSR count). The number of rotatable bonds is 20. The number of carbonyl (C=O) groups is 8. The Hall–Kier alpha value is -8.08. The molecular weight excluding hydrogens is 1130 g/mol. The van der Waals surface area contributed by atoms with Gasteiger partial charge in [0, 0.05) is 46.6 Å². The van der Waals surface area contributed by atoms with Gasteiger partial charge in [0.05, 0.1) is 29.5 Å². The molecule has 0 radical (unpaired) electrons. The Labute approximate surface area is 498 Å². The number of benzene rings is 5. The highest BCUT2D eigenvalue weighted by atomic mass is 33.1. The van der Waals surface area contributed by atoms with Gasteiger partial charge in [-0.1, -0.05) is 133 Å². The molecule has 21 heteroatoms. The van der Waals surface area contributed by atoms with E-state index >= 15 is 4.79 Å². The fourth-order valence-corrected chi connectivity index (χ4v) is 14.1. The summed E-state index contributed by atoms with van der Waals surface area (Å²) in [5.74, 6) is -6.92. The molecule has 1 amide bonds. The lowest BCUT2D eigenvalue weighted by Gasteiger charge is -2.67. The molecule has 19 nitrogen and oxygen atoms in total. The number of carbonyl (C=O) groups excluding carboxylic acids is 8. The molecule has 2 bridgehead atoms. The van der Waals surface area contributed by atoms with Crippen LogP contribution in [0.25, 0.3) is 0 Å². The third-order valence-electron chi connectivity index (χ3n) is 16.6. The van der Waals surface area contributed by atoms with Crippen LogP contribution in [0.4, 0.5) is 4.79 Å². The fourth-order valence-electron chi connectivity index (χ4n) is 12.1. The molecule has 1 saturated heterocycles. The van der Waals surface area contributed by atoms with Crippen molar-refractivity contribution in [2.75, 3.05) is 6.61 Å². The minimum Gasteiger partial charge on any atom is -0.458 e. The first-order valence-electron chi connectivity index (χ1n) is 27.2. The molecule has 0 aromatic heterocycles. The molecule has 2 saturated carbocycles. The average molecular weight is 1200 g/mol. The SMILES string of the molecule is C=CC(=O)OCc1ccc(SSc2ccc(COC(=O)O[C@H]3C[C@H]4OC[C@@]4(OC(C)=O)C4[C@H](OC(=O)c5ccccc5)[C@]5(O)C[C@H](OC(=O)[C@H](O)[C@@H](NC(=O)c6ccccc6)c6ccccc6)C(C)=C([C@@H](OC=O)C(=O)[C@@]43C)C5(C)C)cc2)cc1. The predicted octanol–water partition coefficient (Wildman–Crippen LogP) is 8.74. The van der Waals surface area contributed by atoms with Crippen LogP contribution in [-0.2, 0) is 75.1 Å². The summed E-state index contributed by atoms with van der Waals surface area (Å²) in [7, 11) is 2.97. The number of hydrogen-bond donors (Lipinski definition) is 3. The van der Waals surface area contributed by atoms with Crippen LogP contribution in [0.5, 0.6) is 0 Å². The van der Waals surface area contributed by atoms with Crippen molar-refractivity contribution < 1.29 is 86.5 Å². The fraction of sp³-hybridized carbons (Fsp3) is 0.344. The summed E-state index contributed by atoms with van der Waals surface area (Å²) >= 11 is 0. The highest BCUT2D eigenvalue weighted by Gasteiger charge is 2.79. The predicted molar refractivity (Wildman–Crippen MR) is 307 cm³/mol. The number of ketones is 1. The largest absolute Gasteiger partial charge is 0.508 e. The zero-order valence-corrected chi connectivity index (χ0v) is 48.7. The zero-order valence-electron chi connectivity index (χ0n) is 47.0. The Kier molecular flexibility index (Phi) is 18.5. The minimum atomic E-state index is -2.52. The average Bonchev–Trinajstić information content (AvgIpc) is 1.16. The highest BCUT2D eigenvalue weighted by Crippen LogP contribution is 2.65. The van der Waals surface area contributed by atoms with Gasteiger partial charge in [-0.05, 0) is 90.2 Å². The standard InChI is InChI=1S/C64H63NO18S2/c1-7-49(68)76-33-39-23-27-44(28-24-39)84-85-45-29-25-40(26-30-45)34-77-60(74)81-47-31-48-63(35-78-48,83-38(3)67)54-56(82-58(72)43-21-15-10-16-22-43)64(75)32-46(37(2)50(61(64,4)5)53(79-36-66)55(70)62(47,54)6)80-59(73)52(69)51(41-17-11-8-12-18-41)65-57(71)42-19-13-9-14-20-42/h7-30,36,46-48,51-54,56,69,75H,1,31-35H2,2-6H3,(H,65,71)/t46-,47-,48+,51-,52+,53+,54?,56-,62+,63-,64+/m0/s1. The summed E-state index contributed by atoms with van der Waals surface area (Å²) in [6.07, 6.45) is -11.5. The van der Waals surface area contributed by atoms with Crippen LogP contribution in [-0.4, -0.2) is 113 Å². The number of ether oxygens (including phenoxy) is 8.